The molecule has 1 aliphatic rings. The van der Waals surface area contributed by atoms with Gasteiger partial charge in [0.1, 0.15) is 6.61 Å². The van der Waals surface area contributed by atoms with Gasteiger partial charge >= 0.3 is 0 Å². The summed E-state index contributed by atoms with van der Waals surface area (Å²) < 4.78 is 5.28. The summed E-state index contributed by atoms with van der Waals surface area (Å²) in [6.07, 6.45) is 0. The van der Waals surface area contributed by atoms with Crippen LogP contribution in [0.25, 0.3) is 0 Å². The molecule has 13 heavy (non-hydrogen) atoms. The van der Waals surface area contributed by atoms with Crippen LogP contribution < -0.4 is 0 Å². The quantitative estimate of drug-likeness (QED) is 0.707. The number of hydrogen-bond donors (Lipinski definition) is 0. The second kappa shape index (κ2) is 3.56. The van der Waals surface area contributed by atoms with Gasteiger partial charge in [-0.15, -0.1) is 0 Å². The van der Waals surface area contributed by atoms with Crippen molar-refractivity contribution in [3.63, 3.8) is 0 Å². The minimum absolute atomic E-state index is 0.504. The van der Waals surface area contributed by atoms with Crippen molar-refractivity contribution >= 4 is 29.1 Å². The number of benzene rings is 1. The van der Waals surface area contributed by atoms with E-state index < -0.39 is 0 Å². The van der Waals surface area contributed by atoms with E-state index in [0.29, 0.717) is 29.1 Å². The Morgan fingerprint density at radius 2 is 2.15 bits per heavy atom. The lowest BCUT2D eigenvalue weighted by molar-refractivity contribution is 0.348. The molecule has 0 saturated heterocycles. The van der Waals surface area contributed by atoms with E-state index in [9.17, 15) is 0 Å². The lowest BCUT2D eigenvalue weighted by Gasteiger charge is -2.04. The molecule has 0 atom stereocenters. The van der Waals surface area contributed by atoms with Crippen LogP contribution in [0.15, 0.2) is 23.2 Å². The molecule has 0 aliphatic carbocycles. The molecule has 0 aromatic heterocycles. The maximum Gasteiger partial charge on any atom is 0.217 e. The fourth-order valence-corrected chi connectivity index (χ4v) is 1.55. The van der Waals surface area contributed by atoms with Gasteiger partial charge in [-0.2, -0.15) is 0 Å². The van der Waals surface area contributed by atoms with Crippen LogP contribution in [-0.4, -0.2) is 19.0 Å². The predicted octanol–water partition coefficient (Wildman–Crippen LogP) is 2.77. The Kier molecular flexibility index (Phi) is 2.42. The Bertz CT molecular complexity index is 363. The standard InChI is InChI=1S/C9H7Cl2NO/c10-7-3-1-2-6(8(7)11)9-12-4-5-13-9/h1-3H,4-5H2. The van der Waals surface area contributed by atoms with Gasteiger partial charge in [-0.1, -0.05) is 29.3 Å². The fourth-order valence-electron chi connectivity index (χ4n) is 1.17. The largest absolute Gasteiger partial charge is 0.475 e. The third kappa shape index (κ3) is 1.64. The number of nitrogens with zero attached hydrogens (tertiary/aromatic N) is 1. The van der Waals surface area contributed by atoms with Crippen molar-refractivity contribution in [2.75, 3.05) is 13.2 Å². The van der Waals surface area contributed by atoms with Gasteiger partial charge in [0.2, 0.25) is 5.90 Å². The molecule has 1 aliphatic heterocycles. The minimum atomic E-state index is 0.504. The molecule has 1 aromatic carbocycles. The first kappa shape index (κ1) is 8.85. The van der Waals surface area contributed by atoms with Gasteiger partial charge in [0, 0.05) is 0 Å². The monoisotopic (exact) mass is 215 g/mol. The van der Waals surface area contributed by atoms with Crippen molar-refractivity contribution < 1.29 is 4.74 Å². The number of hydrogen-bond acceptors (Lipinski definition) is 2. The SMILES string of the molecule is Clc1cccc(C2=NCCO2)c1Cl. The molecule has 0 N–H and O–H groups in total. The van der Waals surface area contributed by atoms with E-state index >= 15 is 0 Å². The van der Waals surface area contributed by atoms with Gasteiger partial charge in [-0.25, -0.2) is 4.99 Å². The number of rotatable bonds is 1. The smallest absolute Gasteiger partial charge is 0.217 e. The van der Waals surface area contributed by atoms with Crippen molar-refractivity contribution in [1.29, 1.82) is 0 Å². The second-order valence-corrected chi connectivity index (χ2v) is 3.42. The first-order chi connectivity index (χ1) is 6.29. The first-order valence-corrected chi connectivity index (χ1v) is 4.66. The molecule has 0 spiro atoms. The zero-order valence-corrected chi connectivity index (χ0v) is 8.27. The minimum Gasteiger partial charge on any atom is -0.475 e. The summed E-state index contributed by atoms with van der Waals surface area (Å²) in [4.78, 5) is 4.16. The van der Waals surface area contributed by atoms with Crippen LogP contribution in [0.3, 0.4) is 0 Å². The maximum atomic E-state index is 5.98. The molecule has 0 unspecified atom stereocenters. The van der Waals surface area contributed by atoms with E-state index in [4.69, 9.17) is 27.9 Å². The summed E-state index contributed by atoms with van der Waals surface area (Å²) in [5.74, 6) is 0.590. The molecule has 0 saturated carbocycles. The van der Waals surface area contributed by atoms with E-state index in [1.54, 1.807) is 6.07 Å². The summed E-state index contributed by atoms with van der Waals surface area (Å²) in [6, 6.07) is 5.41. The Hall–Kier alpha value is -0.730. The van der Waals surface area contributed by atoms with Crippen LogP contribution in [0, 0.1) is 0 Å². The van der Waals surface area contributed by atoms with Crippen molar-refractivity contribution in [3.8, 4) is 0 Å². The Morgan fingerprint density at radius 1 is 1.31 bits per heavy atom. The lowest BCUT2D eigenvalue weighted by atomic mass is 10.2. The topological polar surface area (TPSA) is 21.6 Å². The van der Waals surface area contributed by atoms with Gasteiger partial charge < -0.3 is 4.74 Å². The molecule has 68 valence electrons. The van der Waals surface area contributed by atoms with Crippen LogP contribution in [0.2, 0.25) is 10.0 Å². The summed E-state index contributed by atoms with van der Waals surface area (Å²) in [5, 5.41) is 1.03. The van der Waals surface area contributed by atoms with E-state index in [1.165, 1.54) is 0 Å². The van der Waals surface area contributed by atoms with E-state index in [-0.39, 0.29) is 0 Å². The Morgan fingerprint density at radius 3 is 2.85 bits per heavy atom. The second-order valence-electron chi connectivity index (χ2n) is 2.64. The van der Waals surface area contributed by atoms with E-state index in [0.717, 1.165) is 5.56 Å². The molecule has 2 nitrogen and oxygen atoms in total. The first-order valence-electron chi connectivity index (χ1n) is 3.90. The van der Waals surface area contributed by atoms with E-state index in [1.807, 2.05) is 12.1 Å². The van der Waals surface area contributed by atoms with Crippen molar-refractivity contribution in [1.82, 2.24) is 0 Å². The Labute approximate surface area is 86.1 Å². The van der Waals surface area contributed by atoms with Crippen LogP contribution in [0.5, 0.6) is 0 Å². The molecule has 0 radical (unpaired) electrons. The Balaban J connectivity index is 2.45. The van der Waals surface area contributed by atoms with E-state index in [2.05, 4.69) is 4.99 Å². The average molecular weight is 216 g/mol. The molecular weight excluding hydrogens is 209 g/mol. The third-order valence-corrected chi connectivity index (χ3v) is 2.59. The van der Waals surface area contributed by atoms with Gasteiger partial charge in [0.15, 0.2) is 0 Å². The lowest BCUT2D eigenvalue weighted by Crippen LogP contribution is -2.01. The number of aliphatic imine (C=N–C) groups is 1. The highest BCUT2D eigenvalue weighted by Crippen LogP contribution is 2.26. The summed E-state index contributed by atoms with van der Waals surface area (Å²) in [6.45, 7) is 1.32. The predicted molar refractivity (Wildman–Crippen MR) is 53.8 cm³/mol. The molecule has 2 rings (SSSR count). The zero-order chi connectivity index (χ0) is 9.26. The van der Waals surface area contributed by atoms with Crippen LogP contribution in [0.4, 0.5) is 0 Å². The summed E-state index contributed by atoms with van der Waals surface area (Å²) in [7, 11) is 0. The summed E-state index contributed by atoms with van der Waals surface area (Å²) in [5.41, 5.74) is 0.770. The molecule has 0 amide bonds. The van der Waals surface area contributed by atoms with Gasteiger partial charge in [0.05, 0.1) is 22.2 Å². The number of halogens is 2. The average Bonchev–Trinajstić information content (AvgIpc) is 2.62. The van der Waals surface area contributed by atoms with Crippen molar-refractivity contribution in [2.24, 2.45) is 4.99 Å². The van der Waals surface area contributed by atoms with Crippen LogP contribution >= 0.6 is 23.2 Å². The highest BCUT2D eigenvalue weighted by Gasteiger charge is 2.14. The van der Waals surface area contributed by atoms with Crippen molar-refractivity contribution in [3.05, 3.63) is 33.8 Å². The van der Waals surface area contributed by atoms with Crippen LogP contribution in [-0.2, 0) is 4.74 Å². The highest BCUT2D eigenvalue weighted by atomic mass is 35.5. The summed E-state index contributed by atoms with van der Waals surface area (Å²) >= 11 is 11.8. The highest BCUT2D eigenvalue weighted by molar-refractivity contribution is 6.43. The molecular formula is C9H7Cl2NO. The third-order valence-electron chi connectivity index (χ3n) is 1.77. The molecule has 1 heterocycles. The van der Waals surface area contributed by atoms with Gasteiger partial charge in [-0.3, -0.25) is 0 Å². The molecule has 4 heteroatoms. The molecule has 0 bridgehead atoms. The van der Waals surface area contributed by atoms with Crippen molar-refractivity contribution in [2.45, 2.75) is 0 Å². The molecule has 0 fully saturated rings. The number of ether oxygens (including phenoxy) is 1. The van der Waals surface area contributed by atoms with Gasteiger partial charge in [0.25, 0.3) is 0 Å². The van der Waals surface area contributed by atoms with Crippen LogP contribution in [0.1, 0.15) is 5.56 Å². The molecule has 1 aromatic rings. The normalized spacial score (nSPS) is 15.4. The maximum absolute atomic E-state index is 5.98. The van der Waals surface area contributed by atoms with Gasteiger partial charge in [-0.05, 0) is 12.1 Å². The fraction of sp³-hybridized carbons (Fsp3) is 0.222. The zero-order valence-electron chi connectivity index (χ0n) is 6.76.